The van der Waals surface area contributed by atoms with Gasteiger partial charge >= 0.3 is 0 Å². The third kappa shape index (κ3) is 1.37. The van der Waals surface area contributed by atoms with E-state index < -0.39 is 0 Å². The van der Waals surface area contributed by atoms with E-state index in [4.69, 9.17) is 0 Å². The minimum atomic E-state index is 0.941. The number of rotatable bonds is 1. The second kappa shape index (κ2) is 3.54. The van der Waals surface area contributed by atoms with Crippen LogP contribution < -0.4 is 5.62 Å². The molecule has 1 heterocycles. The summed E-state index contributed by atoms with van der Waals surface area (Å²) in [5, 5.41) is 0. The number of aryl methyl sites for hydroxylation is 1. The van der Waals surface area contributed by atoms with E-state index in [0.717, 1.165) is 11.3 Å². The Hall–Kier alpha value is -1.77. The van der Waals surface area contributed by atoms with Gasteiger partial charge in [0.1, 0.15) is 0 Å². The molecular weight excluding hydrogens is 174 g/mol. The number of benzene rings is 1. The summed E-state index contributed by atoms with van der Waals surface area (Å²) in [5.74, 6) is 0. The van der Waals surface area contributed by atoms with Crippen LogP contribution in [0.4, 0.5) is 0 Å². The average Bonchev–Trinajstić information content (AvgIpc) is 2.61. The first-order valence-corrected chi connectivity index (χ1v) is 4.55. The van der Waals surface area contributed by atoms with Gasteiger partial charge in [0.15, 0.2) is 0 Å². The van der Waals surface area contributed by atoms with Crippen molar-refractivity contribution in [3.8, 4) is 5.69 Å². The first kappa shape index (κ1) is 8.81. The quantitative estimate of drug-likeness (QED) is 0.643. The summed E-state index contributed by atoms with van der Waals surface area (Å²) in [6.45, 7) is 0. The van der Waals surface area contributed by atoms with Crippen LogP contribution in [-0.4, -0.2) is 16.2 Å². The Labute approximate surface area is 83.0 Å². The molecule has 14 heavy (non-hydrogen) atoms. The lowest BCUT2D eigenvalue weighted by Crippen LogP contribution is -2.22. The number of nitrogens with zero attached hydrogens (tertiary/aromatic N) is 3. The third-order valence-corrected chi connectivity index (χ3v) is 2.20. The zero-order valence-corrected chi connectivity index (χ0v) is 8.38. The second-order valence-corrected chi connectivity index (χ2v) is 3.14. The minimum absolute atomic E-state index is 0.941. The molecule has 2 aromatic rings. The van der Waals surface area contributed by atoms with Crippen molar-refractivity contribution in [1.29, 1.82) is 0 Å². The van der Waals surface area contributed by atoms with Crippen LogP contribution in [0.15, 0.2) is 47.7 Å². The van der Waals surface area contributed by atoms with Crippen molar-refractivity contribution in [3.05, 3.63) is 48.3 Å². The maximum absolute atomic E-state index is 4.23. The number of hydrogen-bond acceptors (Lipinski definition) is 1. The van der Waals surface area contributed by atoms with Gasteiger partial charge in [-0.1, -0.05) is 18.2 Å². The van der Waals surface area contributed by atoms with Crippen molar-refractivity contribution >= 4 is 0 Å². The first-order chi connectivity index (χ1) is 6.83. The van der Waals surface area contributed by atoms with Gasteiger partial charge in [-0.05, 0) is 12.1 Å². The van der Waals surface area contributed by atoms with Crippen molar-refractivity contribution in [3.63, 3.8) is 0 Å². The van der Waals surface area contributed by atoms with Crippen LogP contribution in [0.1, 0.15) is 0 Å². The topological polar surface area (TPSA) is 22.2 Å². The van der Waals surface area contributed by atoms with Crippen molar-refractivity contribution in [2.24, 2.45) is 12.0 Å². The van der Waals surface area contributed by atoms with Crippen LogP contribution in [0.5, 0.6) is 0 Å². The molecule has 0 amide bonds. The number of hydrogen-bond donors (Lipinski definition) is 0. The van der Waals surface area contributed by atoms with Crippen LogP contribution in [0.2, 0.25) is 0 Å². The first-order valence-electron chi connectivity index (χ1n) is 4.55. The molecule has 0 unspecified atom stereocenters. The highest BCUT2D eigenvalue weighted by Gasteiger charge is 1.98. The SMILES string of the molecule is CN=c1n(C)ccn1-c1ccccc1. The molecule has 0 N–H and O–H groups in total. The maximum atomic E-state index is 4.23. The Morgan fingerprint density at radius 3 is 2.43 bits per heavy atom. The van der Waals surface area contributed by atoms with Crippen LogP contribution in [0.25, 0.3) is 5.69 Å². The second-order valence-electron chi connectivity index (χ2n) is 3.14. The number of para-hydroxylation sites is 1. The number of aromatic nitrogens is 2. The normalized spacial score (nSPS) is 12.0. The van der Waals surface area contributed by atoms with Crippen molar-refractivity contribution in [2.45, 2.75) is 0 Å². The summed E-state index contributed by atoms with van der Waals surface area (Å²) < 4.78 is 4.05. The van der Waals surface area contributed by atoms with Crippen LogP contribution >= 0.6 is 0 Å². The van der Waals surface area contributed by atoms with Crippen molar-refractivity contribution in [1.82, 2.24) is 9.13 Å². The van der Waals surface area contributed by atoms with Crippen molar-refractivity contribution in [2.75, 3.05) is 7.05 Å². The Morgan fingerprint density at radius 1 is 1.07 bits per heavy atom. The third-order valence-electron chi connectivity index (χ3n) is 2.20. The van der Waals surface area contributed by atoms with E-state index >= 15 is 0 Å². The predicted molar refractivity (Wildman–Crippen MR) is 56.2 cm³/mol. The molecule has 0 saturated heterocycles. The average molecular weight is 187 g/mol. The Morgan fingerprint density at radius 2 is 1.79 bits per heavy atom. The lowest BCUT2D eigenvalue weighted by Gasteiger charge is -2.01. The summed E-state index contributed by atoms with van der Waals surface area (Å²) in [4.78, 5) is 4.23. The van der Waals surface area contributed by atoms with E-state index in [1.54, 1.807) is 7.05 Å². The zero-order valence-electron chi connectivity index (χ0n) is 8.38. The summed E-state index contributed by atoms with van der Waals surface area (Å²) in [7, 11) is 3.79. The van der Waals surface area contributed by atoms with E-state index in [1.165, 1.54) is 0 Å². The Bertz CT molecular complexity index is 477. The molecule has 0 saturated carbocycles. The van der Waals surface area contributed by atoms with Gasteiger partial charge < -0.3 is 4.57 Å². The lowest BCUT2D eigenvalue weighted by molar-refractivity contribution is 0.783. The molecule has 0 radical (unpaired) electrons. The molecule has 0 aliphatic heterocycles. The molecule has 0 bridgehead atoms. The highest BCUT2D eigenvalue weighted by atomic mass is 15.2. The molecule has 0 fully saturated rings. The fourth-order valence-electron chi connectivity index (χ4n) is 1.53. The molecule has 2 rings (SSSR count). The largest absolute Gasteiger partial charge is 0.320 e. The van der Waals surface area contributed by atoms with Crippen LogP contribution in [0, 0.1) is 0 Å². The van der Waals surface area contributed by atoms with Gasteiger partial charge in [0, 0.05) is 32.2 Å². The van der Waals surface area contributed by atoms with E-state index in [-0.39, 0.29) is 0 Å². The van der Waals surface area contributed by atoms with Crippen LogP contribution in [-0.2, 0) is 7.05 Å². The predicted octanol–water partition coefficient (Wildman–Crippen LogP) is 1.35. The molecule has 0 atom stereocenters. The van der Waals surface area contributed by atoms with Crippen LogP contribution in [0.3, 0.4) is 0 Å². The standard InChI is InChI=1S/C11H13N3/c1-12-11-13(2)8-9-14(11)10-6-4-3-5-7-10/h3-9H,1-2H3. The molecular formula is C11H13N3. The van der Waals surface area contributed by atoms with Gasteiger partial charge in [0.2, 0.25) is 5.62 Å². The maximum Gasteiger partial charge on any atom is 0.209 e. The summed E-state index contributed by atoms with van der Waals surface area (Å²) >= 11 is 0. The van der Waals surface area contributed by atoms with Gasteiger partial charge in [-0.2, -0.15) is 0 Å². The molecule has 72 valence electrons. The fraction of sp³-hybridized carbons (Fsp3) is 0.182. The minimum Gasteiger partial charge on any atom is -0.320 e. The molecule has 0 aliphatic carbocycles. The highest BCUT2D eigenvalue weighted by molar-refractivity contribution is 5.30. The molecule has 3 heteroatoms. The van der Waals surface area contributed by atoms with Gasteiger partial charge in [-0.3, -0.25) is 9.56 Å². The van der Waals surface area contributed by atoms with Gasteiger partial charge in [0.25, 0.3) is 0 Å². The summed E-state index contributed by atoms with van der Waals surface area (Å²) in [6.07, 6.45) is 4.01. The van der Waals surface area contributed by atoms with Gasteiger partial charge in [0.05, 0.1) is 0 Å². The summed E-state index contributed by atoms with van der Waals surface area (Å²) in [6, 6.07) is 10.2. The lowest BCUT2D eigenvalue weighted by atomic mass is 10.3. The van der Waals surface area contributed by atoms with Crippen molar-refractivity contribution < 1.29 is 0 Å². The molecule has 0 aliphatic rings. The molecule has 1 aromatic carbocycles. The van der Waals surface area contributed by atoms with E-state index in [1.807, 2.05) is 42.2 Å². The molecule has 1 aromatic heterocycles. The van der Waals surface area contributed by atoms with Gasteiger partial charge in [-0.25, -0.2) is 0 Å². The molecule has 3 nitrogen and oxygen atoms in total. The summed E-state index contributed by atoms with van der Waals surface area (Å²) in [5.41, 5.74) is 2.07. The highest BCUT2D eigenvalue weighted by Crippen LogP contribution is 2.02. The van der Waals surface area contributed by atoms with E-state index in [0.29, 0.717) is 0 Å². The van der Waals surface area contributed by atoms with E-state index in [2.05, 4.69) is 21.7 Å². The van der Waals surface area contributed by atoms with E-state index in [9.17, 15) is 0 Å². The Balaban J connectivity index is 2.64. The zero-order chi connectivity index (χ0) is 9.97. The fourth-order valence-corrected chi connectivity index (χ4v) is 1.53. The Kier molecular flexibility index (Phi) is 2.23. The number of imidazole rings is 1. The monoisotopic (exact) mass is 187 g/mol. The molecule has 0 spiro atoms. The smallest absolute Gasteiger partial charge is 0.209 e. The van der Waals surface area contributed by atoms with Gasteiger partial charge in [-0.15, -0.1) is 0 Å².